The van der Waals surface area contributed by atoms with Crippen LogP contribution in [-0.2, 0) is 0 Å². The summed E-state index contributed by atoms with van der Waals surface area (Å²) in [4.78, 5) is 0. The predicted octanol–water partition coefficient (Wildman–Crippen LogP) is 6.46. The van der Waals surface area contributed by atoms with E-state index in [1.165, 1.54) is 25.7 Å². The SMILES string of the molecule is CC.CC.CCCCCC(C)C(C)C.CS. The molecule has 0 fully saturated rings. The highest BCUT2D eigenvalue weighted by molar-refractivity contribution is 7.79. The topological polar surface area (TPSA) is 0 Å². The molecule has 0 aromatic carbocycles. The maximum atomic E-state index is 3.53. The van der Waals surface area contributed by atoms with Gasteiger partial charge in [-0.15, -0.1) is 0 Å². The molecule has 0 aliphatic rings. The lowest BCUT2D eigenvalue weighted by Gasteiger charge is -2.14. The molecule has 104 valence electrons. The fraction of sp³-hybridized carbons (Fsp3) is 1.00. The van der Waals surface area contributed by atoms with Crippen molar-refractivity contribution >= 4 is 12.6 Å². The lowest BCUT2D eigenvalue weighted by molar-refractivity contribution is 0.377. The van der Waals surface area contributed by atoms with E-state index in [0.717, 1.165) is 11.8 Å². The third kappa shape index (κ3) is 29.3. The molecule has 0 aromatic heterocycles. The minimum absolute atomic E-state index is 0.872. The van der Waals surface area contributed by atoms with Crippen molar-refractivity contribution in [3.05, 3.63) is 0 Å². The zero-order valence-corrected chi connectivity index (χ0v) is 14.3. The molecule has 0 nitrogen and oxygen atoms in total. The van der Waals surface area contributed by atoms with Crippen LogP contribution in [0.3, 0.4) is 0 Å². The van der Waals surface area contributed by atoms with Crippen molar-refractivity contribution in [2.75, 3.05) is 6.26 Å². The molecule has 0 aliphatic heterocycles. The number of hydrogen-bond acceptors (Lipinski definition) is 1. The Labute approximate surface area is 112 Å². The van der Waals surface area contributed by atoms with Crippen LogP contribution in [0.2, 0.25) is 0 Å². The van der Waals surface area contributed by atoms with Gasteiger partial charge in [-0.25, -0.2) is 0 Å². The van der Waals surface area contributed by atoms with Gasteiger partial charge in [0.15, 0.2) is 0 Å². The highest BCUT2D eigenvalue weighted by atomic mass is 32.1. The maximum Gasteiger partial charge on any atom is -0.0215 e. The normalized spacial score (nSPS) is 9.94. The third-order valence-corrected chi connectivity index (χ3v) is 2.40. The molecule has 0 amide bonds. The van der Waals surface area contributed by atoms with Crippen molar-refractivity contribution in [2.45, 2.75) is 81.1 Å². The van der Waals surface area contributed by atoms with Gasteiger partial charge in [0, 0.05) is 0 Å². The Bertz CT molecular complexity index is 69.8. The van der Waals surface area contributed by atoms with Crippen LogP contribution in [0.1, 0.15) is 81.1 Å². The second-order valence-electron chi connectivity index (χ2n) is 3.72. The van der Waals surface area contributed by atoms with Gasteiger partial charge in [0.1, 0.15) is 0 Å². The van der Waals surface area contributed by atoms with E-state index in [1.807, 2.05) is 27.7 Å². The average molecular weight is 251 g/mol. The smallest absolute Gasteiger partial charge is 0.0215 e. The molecule has 0 spiro atoms. The van der Waals surface area contributed by atoms with Crippen molar-refractivity contribution in [1.82, 2.24) is 0 Å². The zero-order chi connectivity index (χ0) is 14.0. The highest BCUT2D eigenvalue weighted by Crippen LogP contribution is 2.17. The molecule has 0 heterocycles. The Morgan fingerprint density at radius 1 is 0.812 bits per heavy atom. The van der Waals surface area contributed by atoms with E-state index in [0.29, 0.717) is 0 Å². The summed E-state index contributed by atoms with van der Waals surface area (Å²) in [5.74, 6) is 1.79. The van der Waals surface area contributed by atoms with Crippen LogP contribution in [0.4, 0.5) is 0 Å². The van der Waals surface area contributed by atoms with E-state index in [2.05, 4.69) is 40.3 Å². The minimum Gasteiger partial charge on any atom is -0.183 e. The summed E-state index contributed by atoms with van der Waals surface area (Å²) in [6.07, 6.45) is 7.31. The standard InChI is InChI=1S/C10H22.2C2H6.CH4S/c1-5-6-7-8-10(4)9(2)3;3*1-2/h9-10H,5-8H2,1-4H3;2*1-2H3;2H,1H3. The molecule has 0 bridgehead atoms. The third-order valence-electron chi connectivity index (χ3n) is 2.40. The second kappa shape index (κ2) is 29.5. The van der Waals surface area contributed by atoms with Gasteiger partial charge >= 0.3 is 0 Å². The van der Waals surface area contributed by atoms with Crippen LogP contribution < -0.4 is 0 Å². The van der Waals surface area contributed by atoms with Crippen LogP contribution in [0.25, 0.3) is 0 Å². The summed E-state index contributed by atoms with van der Waals surface area (Å²) in [5, 5.41) is 0. The number of thiol groups is 1. The van der Waals surface area contributed by atoms with Crippen LogP contribution >= 0.6 is 12.6 Å². The van der Waals surface area contributed by atoms with Crippen LogP contribution in [0, 0.1) is 11.8 Å². The average Bonchev–Trinajstić information content (AvgIpc) is 2.36. The monoisotopic (exact) mass is 250 g/mol. The molecule has 0 N–H and O–H groups in total. The molecular formula is C15H38S. The fourth-order valence-electron chi connectivity index (χ4n) is 1.05. The van der Waals surface area contributed by atoms with Gasteiger partial charge in [0.05, 0.1) is 0 Å². The van der Waals surface area contributed by atoms with Gasteiger partial charge in [0.2, 0.25) is 0 Å². The fourth-order valence-corrected chi connectivity index (χ4v) is 1.05. The molecule has 16 heavy (non-hydrogen) atoms. The van der Waals surface area contributed by atoms with Gasteiger partial charge in [-0.3, -0.25) is 0 Å². The maximum absolute atomic E-state index is 3.53. The predicted molar refractivity (Wildman–Crippen MR) is 85.8 cm³/mol. The van der Waals surface area contributed by atoms with Gasteiger partial charge < -0.3 is 0 Å². The Morgan fingerprint density at radius 2 is 1.19 bits per heavy atom. The van der Waals surface area contributed by atoms with Gasteiger partial charge in [-0.05, 0) is 18.1 Å². The Balaban J connectivity index is -0.000000103. The first-order valence-corrected chi connectivity index (χ1v) is 8.02. The molecule has 0 aliphatic carbocycles. The first-order valence-electron chi connectivity index (χ1n) is 7.13. The lowest BCUT2D eigenvalue weighted by Crippen LogP contribution is -2.02. The van der Waals surface area contributed by atoms with E-state index in [1.54, 1.807) is 6.26 Å². The molecule has 0 radical (unpaired) electrons. The summed E-state index contributed by atoms with van der Waals surface area (Å²) in [6.45, 7) is 17.3. The molecular weight excluding hydrogens is 212 g/mol. The Kier molecular flexibility index (Phi) is 46.6. The van der Waals surface area contributed by atoms with E-state index in [9.17, 15) is 0 Å². The molecule has 1 unspecified atom stereocenters. The minimum atomic E-state index is 0.872. The molecule has 0 aromatic rings. The van der Waals surface area contributed by atoms with Crippen molar-refractivity contribution in [3.63, 3.8) is 0 Å². The zero-order valence-electron chi connectivity index (χ0n) is 13.4. The molecule has 1 heteroatoms. The van der Waals surface area contributed by atoms with Crippen molar-refractivity contribution in [1.29, 1.82) is 0 Å². The van der Waals surface area contributed by atoms with Crippen LogP contribution in [0.15, 0.2) is 0 Å². The molecule has 0 saturated heterocycles. The van der Waals surface area contributed by atoms with Gasteiger partial charge in [-0.2, -0.15) is 12.6 Å². The summed E-state index contributed by atoms with van der Waals surface area (Å²) >= 11 is 3.53. The highest BCUT2D eigenvalue weighted by Gasteiger charge is 2.04. The van der Waals surface area contributed by atoms with Crippen molar-refractivity contribution in [2.24, 2.45) is 11.8 Å². The van der Waals surface area contributed by atoms with E-state index >= 15 is 0 Å². The second-order valence-corrected chi connectivity index (χ2v) is 3.72. The number of rotatable bonds is 5. The van der Waals surface area contributed by atoms with E-state index in [4.69, 9.17) is 0 Å². The van der Waals surface area contributed by atoms with Crippen molar-refractivity contribution < 1.29 is 0 Å². The van der Waals surface area contributed by atoms with Crippen LogP contribution in [0.5, 0.6) is 0 Å². The van der Waals surface area contributed by atoms with Gasteiger partial charge in [-0.1, -0.05) is 81.1 Å². The molecule has 0 saturated carbocycles. The molecule has 1 atom stereocenters. The Morgan fingerprint density at radius 3 is 1.44 bits per heavy atom. The quantitative estimate of drug-likeness (QED) is 0.420. The lowest BCUT2D eigenvalue weighted by atomic mass is 9.92. The first-order chi connectivity index (χ1) is 7.68. The first kappa shape index (κ1) is 25.3. The largest absolute Gasteiger partial charge is 0.183 e. The summed E-state index contributed by atoms with van der Waals surface area (Å²) in [5.41, 5.74) is 0. The summed E-state index contributed by atoms with van der Waals surface area (Å²) < 4.78 is 0. The van der Waals surface area contributed by atoms with Gasteiger partial charge in [0.25, 0.3) is 0 Å². The number of unbranched alkanes of at least 4 members (excludes halogenated alkanes) is 2. The Hall–Kier alpha value is 0.350. The van der Waals surface area contributed by atoms with E-state index in [-0.39, 0.29) is 0 Å². The molecule has 0 rings (SSSR count). The van der Waals surface area contributed by atoms with E-state index < -0.39 is 0 Å². The summed E-state index contributed by atoms with van der Waals surface area (Å²) in [7, 11) is 0. The number of hydrogen-bond donors (Lipinski definition) is 1. The summed E-state index contributed by atoms with van der Waals surface area (Å²) in [6, 6.07) is 0. The van der Waals surface area contributed by atoms with Crippen LogP contribution in [-0.4, -0.2) is 6.26 Å². The van der Waals surface area contributed by atoms with Crippen molar-refractivity contribution in [3.8, 4) is 0 Å².